The van der Waals surface area contributed by atoms with E-state index < -0.39 is 0 Å². The standard InChI is InChI=1S/C11H22N4S/c12-15-11(13-9-4-1-2-5-9)14-10-6-3-7-16-8-10/h9-10H,1-8,12H2,(H2,13,14,15). The molecule has 1 aliphatic heterocycles. The quantitative estimate of drug-likeness (QED) is 0.295. The summed E-state index contributed by atoms with van der Waals surface area (Å²) in [5.74, 6) is 8.78. The highest BCUT2D eigenvalue weighted by molar-refractivity contribution is 7.99. The fourth-order valence-electron chi connectivity index (χ4n) is 2.38. The molecule has 4 N–H and O–H groups in total. The first kappa shape index (κ1) is 12.0. The third kappa shape index (κ3) is 3.56. The molecule has 1 atom stereocenters. The van der Waals surface area contributed by atoms with Gasteiger partial charge in [0.2, 0.25) is 5.96 Å². The second-order valence-corrected chi connectivity index (χ2v) is 5.77. The third-order valence-corrected chi connectivity index (χ3v) is 4.49. The Labute approximate surface area is 102 Å². The minimum Gasteiger partial charge on any atom is -0.352 e. The van der Waals surface area contributed by atoms with Crippen LogP contribution >= 0.6 is 11.8 Å². The lowest BCUT2D eigenvalue weighted by Gasteiger charge is -2.24. The molecule has 0 spiro atoms. The molecule has 0 aromatic rings. The Morgan fingerprint density at radius 3 is 2.62 bits per heavy atom. The molecule has 92 valence electrons. The predicted octanol–water partition coefficient (Wildman–Crippen LogP) is 1.23. The van der Waals surface area contributed by atoms with Gasteiger partial charge in [-0.1, -0.05) is 12.8 Å². The Morgan fingerprint density at radius 2 is 2.00 bits per heavy atom. The molecule has 0 amide bonds. The smallest absolute Gasteiger partial charge is 0.206 e. The monoisotopic (exact) mass is 242 g/mol. The first-order valence-electron chi connectivity index (χ1n) is 6.27. The van der Waals surface area contributed by atoms with E-state index in [4.69, 9.17) is 5.84 Å². The number of nitrogens with zero attached hydrogens (tertiary/aromatic N) is 1. The van der Waals surface area contributed by atoms with Gasteiger partial charge < -0.3 is 5.32 Å². The summed E-state index contributed by atoms with van der Waals surface area (Å²) in [6, 6.07) is 1.02. The van der Waals surface area contributed by atoms with Crippen molar-refractivity contribution < 1.29 is 0 Å². The van der Waals surface area contributed by atoms with Crippen molar-refractivity contribution in [1.29, 1.82) is 0 Å². The molecule has 2 aliphatic rings. The van der Waals surface area contributed by atoms with Gasteiger partial charge in [-0.2, -0.15) is 11.8 Å². The lowest BCUT2D eigenvalue weighted by molar-refractivity contribution is 0.576. The van der Waals surface area contributed by atoms with Crippen molar-refractivity contribution >= 4 is 17.7 Å². The second kappa shape index (κ2) is 6.35. The number of aliphatic imine (C=N–C) groups is 1. The van der Waals surface area contributed by atoms with Crippen molar-refractivity contribution in [3.63, 3.8) is 0 Å². The van der Waals surface area contributed by atoms with Gasteiger partial charge in [0.05, 0.1) is 6.04 Å². The molecule has 1 saturated carbocycles. The first-order chi connectivity index (χ1) is 7.88. The van der Waals surface area contributed by atoms with Crippen molar-refractivity contribution in [3.8, 4) is 0 Å². The summed E-state index contributed by atoms with van der Waals surface area (Å²) in [5.41, 5.74) is 2.71. The van der Waals surface area contributed by atoms with E-state index in [1.54, 1.807) is 0 Å². The fourth-order valence-corrected chi connectivity index (χ4v) is 3.45. The molecule has 5 heteroatoms. The third-order valence-electron chi connectivity index (χ3n) is 3.27. The van der Waals surface area contributed by atoms with Crippen LogP contribution in [0.2, 0.25) is 0 Å². The number of hydrogen-bond donors (Lipinski definition) is 3. The first-order valence-corrected chi connectivity index (χ1v) is 7.42. The van der Waals surface area contributed by atoms with Gasteiger partial charge in [-0.3, -0.25) is 5.43 Å². The van der Waals surface area contributed by atoms with Crippen molar-refractivity contribution in [2.45, 2.75) is 50.6 Å². The van der Waals surface area contributed by atoms with Crippen LogP contribution in [0.25, 0.3) is 0 Å². The van der Waals surface area contributed by atoms with Gasteiger partial charge in [-0.15, -0.1) is 0 Å². The van der Waals surface area contributed by atoms with Gasteiger partial charge in [0.1, 0.15) is 0 Å². The summed E-state index contributed by atoms with van der Waals surface area (Å²) < 4.78 is 0. The number of nitrogens with two attached hydrogens (primary N) is 1. The normalized spacial score (nSPS) is 28.1. The summed E-state index contributed by atoms with van der Waals surface area (Å²) in [4.78, 5) is 4.65. The summed E-state index contributed by atoms with van der Waals surface area (Å²) in [5, 5.41) is 3.43. The zero-order chi connectivity index (χ0) is 11.2. The predicted molar refractivity (Wildman–Crippen MR) is 70.5 cm³/mol. The van der Waals surface area contributed by atoms with Crippen LogP contribution in [0.15, 0.2) is 4.99 Å². The molecule has 1 aliphatic carbocycles. The molecule has 16 heavy (non-hydrogen) atoms. The van der Waals surface area contributed by atoms with E-state index in [-0.39, 0.29) is 0 Å². The average Bonchev–Trinajstić information content (AvgIpc) is 2.82. The van der Waals surface area contributed by atoms with Gasteiger partial charge in [-0.05, 0) is 31.4 Å². The molecule has 2 fully saturated rings. The molecular formula is C11H22N4S. The van der Waals surface area contributed by atoms with Crippen LogP contribution in [0, 0.1) is 0 Å². The molecule has 4 nitrogen and oxygen atoms in total. The highest BCUT2D eigenvalue weighted by Crippen LogP contribution is 2.21. The zero-order valence-corrected chi connectivity index (χ0v) is 10.6. The molecule has 1 unspecified atom stereocenters. The topological polar surface area (TPSA) is 62.4 Å². The summed E-state index contributed by atoms with van der Waals surface area (Å²) in [6.07, 6.45) is 7.58. The van der Waals surface area contributed by atoms with Crippen LogP contribution in [0.5, 0.6) is 0 Å². The summed E-state index contributed by atoms with van der Waals surface area (Å²) in [6.45, 7) is 0. The Kier molecular flexibility index (Phi) is 4.78. The Morgan fingerprint density at radius 1 is 1.19 bits per heavy atom. The molecule has 2 rings (SSSR count). The van der Waals surface area contributed by atoms with Crippen LogP contribution in [0.3, 0.4) is 0 Å². The van der Waals surface area contributed by atoms with Crippen LogP contribution in [0.1, 0.15) is 38.5 Å². The fraction of sp³-hybridized carbons (Fsp3) is 0.909. The van der Waals surface area contributed by atoms with Crippen LogP contribution in [-0.2, 0) is 0 Å². The number of hydrogen-bond acceptors (Lipinski definition) is 3. The summed E-state index contributed by atoms with van der Waals surface area (Å²) in [7, 11) is 0. The maximum atomic E-state index is 5.52. The van der Waals surface area contributed by atoms with Crippen molar-refractivity contribution in [2.75, 3.05) is 11.5 Å². The van der Waals surface area contributed by atoms with Gasteiger partial charge in [-0.25, -0.2) is 10.8 Å². The number of thioether (sulfide) groups is 1. The molecular weight excluding hydrogens is 220 g/mol. The van der Waals surface area contributed by atoms with E-state index >= 15 is 0 Å². The molecule has 0 radical (unpaired) electrons. The van der Waals surface area contributed by atoms with E-state index in [1.165, 1.54) is 50.0 Å². The van der Waals surface area contributed by atoms with Gasteiger partial charge in [0.25, 0.3) is 0 Å². The molecule has 0 bridgehead atoms. The highest BCUT2D eigenvalue weighted by atomic mass is 32.2. The van der Waals surface area contributed by atoms with Crippen LogP contribution in [0.4, 0.5) is 0 Å². The van der Waals surface area contributed by atoms with E-state index in [9.17, 15) is 0 Å². The lowest BCUT2D eigenvalue weighted by atomic mass is 10.2. The zero-order valence-electron chi connectivity index (χ0n) is 9.74. The van der Waals surface area contributed by atoms with Crippen LogP contribution in [-0.4, -0.2) is 29.5 Å². The van der Waals surface area contributed by atoms with Crippen molar-refractivity contribution in [3.05, 3.63) is 0 Å². The van der Waals surface area contributed by atoms with Gasteiger partial charge in [0.15, 0.2) is 0 Å². The van der Waals surface area contributed by atoms with Crippen LogP contribution < -0.4 is 16.6 Å². The molecule has 0 aromatic heterocycles. The second-order valence-electron chi connectivity index (χ2n) is 4.62. The van der Waals surface area contributed by atoms with Gasteiger partial charge in [0, 0.05) is 11.8 Å². The maximum Gasteiger partial charge on any atom is 0.206 e. The minimum absolute atomic E-state index is 0.481. The van der Waals surface area contributed by atoms with E-state index in [0.29, 0.717) is 12.1 Å². The van der Waals surface area contributed by atoms with Crippen molar-refractivity contribution in [1.82, 2.24) is 10.7 Å². The largest absolute Gasteiger partial charge is 0.352 e. The maximum absolute atomic E-state index is 5.52. The Bertz CT molecular complexity index is 232. The lowest BCUT2D eigenvalue weighted by Crippen LogP contribution is -2.48. The number of hydrazine groups is 1. The number of guanidine groups is 1. The average molecular weight is 242 g/mol. The Hall–Kier alpha value is -0.420. The molecule has 0 aromatic carbocycles. The van der Waals surface area contributed by atoms with E-state index in [0.717, 1.165) is 5.96 Å². The van der Waals surface area contributed by atoms with E-state index in [1.807, 2.05) is 11.8 Å². The highest BCUT2D eigenvalue weighted by Gasteiger charge is 2.17. The van der Waals surface area contributed by atoms with Crippen molar-refractivity contribution in [2.24, 2.45) is 10.8 Å². The molecule has 1 heterocycles. The molecule has 1 saturated heterocycles. The number of rotatable bonds is 2. The SMILES string of the molecule is NNC(=NC1CCCC1)NC1CCCSC1. The summed E-state index contributed by atoms with van der Waals surface area (Å²) >= 11 is 2.01. The number of nitrogens with one attached hydrogen (secondary N) is 2. The van der Waals surface area contributed by atoms with Gasteiger partial charge >= 0.3 is 0 Å². The minimum atomic E-state index is 0.481. The van der Waals surface area contributed by atoms with E-state index in [2.05, 4.69) is 15.7 Å². The Balaban J connectivity index is 1.83.